The molecule has 6 nitrogen and oxygen atoms in total. The molecule has 0 aromatic heterocycles. The van der Waals surface area contributed by atoms with E-state index in [-0.39, 0.29) is 11.4 Å². The second-order valence-corrected chi connectivity index (χ2v) is 7.67. The Labute approximate surface area is 161 Å². The predicted octanol–water partition coefficient (Wildman–Crippen LogP) is 3.36. The number of rotatable bonds is 7. The number of ether oxygens (including phenoxy) is 1. The molecule has 2 aromatic carbocycles. The number of amides is 1. The summed E-state index contributed by atoms with van der Waals surface area (Å²) in [6.45, 7) is 1.02. The number of carbonyl (C=O) groups is 1. The van der Waals surface area contributed by atoms with Crippen molar-refractivity contribution in [3.63, 3.8) is 0 Å². The van der Waals surface area contributed by atoms with Gasteiger partial charge < -0.3 is 10.1 Å². The summed E-state index contributed by atoms with van der Waals surface area (Å²) in [5.41, 5.74) is -0.500. The zero-order chi connectivity index (χ0) is 20.9. The lowest BCUT2D eigenvalue weighted by molar-refractivity contribution is -0.137. The summed E-state index contributed by atoms with van der Waals surface area (Å²) in [7, 11) is -2.63. The fourth-order valence-corrected chi connectivity index (χ4v) is 3.77. The van der Waals surface area contributed by atoms with E-state index in [2.05, 4.69) is 5.32 Å². The quantitative estimate of drug-likeness (QED) is 0.751. The summed E-state index contributed by atoms with van der Waals surface area (Å²) in [5, 5.41) is 2.56. The number of sulfonamides is 1. The third-order valence-corrected chi connectivity index (χ3v) is 5.80. The average molecular weight is 416 g/mol. The van der Waals surface area contributed by atoms with E-state index >= 15 is 0 Å². The highest BCUT2D eigenvalue weighted by molar-refractivity contribution is 7.89. The fourth-order valence-electron chi connectivity index (χ4n) is 2.37. The average Bonchev–Trinajstić information content (AvgIpc) is 2.66. The van der Waals surface area contributed by atoms with E-state index in [0.29, 0.717) is 23.6 Å². The highest BCUT2D eigenvalue weighted by Gasteiger charge is 2.31. The van der Waals surface area contributed by atoms with Crippen LogP contribution in [0.4, 0.5) is 18.9 Å². The van der Waals surface area contributed by atoms with Crippen molar-refractivity contribution in [2.24, 2.45) is 0 Å². The van der Waals surface area contributed by atoms with Crippen molar-refractivity contribution in [2.75, 3.05) is 25.5 Å². The number of halogens is 3. The highest BCUT2D eigenvalue weighted by Crippen LogP contribution is 2.30. The van der Waals surface area contributed by atoms with Crippen LogP contribution in [0.15, 0.2) is 53.4 Å². The Morgan fingerprint density at radius 2 is 1.64 bits per heavy atom. The van der Waals surface area contributed by atoms with Crippen LogP contribution in [-0.4, -0.2) is 38.8 Å². The topological polar surface area (TPSA) is 75.7 Å². The van der Waals surface area contributed by atoms with Crippen LogP contribution in [-0.2, 0) is 21.0 Å². The van der Waals surface area contributed by atoms with Crippen LogP contribution in [0.3, 0.4) is 0 Å². The number of nitrogens with one attached hydrogen (secondary N) is 1. The molecule has 0 saturated carbocycles. The van der Waals surface area contributed by atoms with Gasteiger partial charge in [-0.3, -0.25) is 4.79 Å². The van der Waals surface area contributed by atoms with Gasteiger partial charge in [0.25, 0.3) is 0 Å². The molecule has 0 aliphatic rings. The highest BCUT2D eigenvalue weighted by atomic mass is 32.2. The zero-order valence-corrected chi connectivity index (χ0v) is 16.0. The SMILES string of the molecule is CCN(CC(=O)Nc1ccc(OC)cc1)S(=O)(=O)c1ccc(C(F)(F)F)cc1. The smallest absolute Gasteiger partial charge is 0.416 e. The van der Waals surface area contributed by atoms with Gasteiger partial charge in [-0.1, -0.05) is 6.92 Å². The number of methoxy groups -OCH3 is 1. The molecule has 2 aromatic rings. The molecule has 0 fully saturated rings. The van der Waals surface area contributed by atoms with E-state index in [1.807, 2.05) is 0 Å². The van der Waals surface area contributed by atoms with Crippen molar-refractivity contribution < 1.29 is 31.1 Å². The first-order valence-electron chi connectivity index (χ1n) is 8.19. The lowest BCUT2D eigenvalue weighted by Crippen LogP contribution is -2.37. The molecule has 1 N–H and O–H groups in total. The maximum atomic E-state index is 12.6. The first-order chi connectivity index (χ1) is 13.1. The number of alkyl halides is 3. The van der Waals surface area contributed by atoms with Crippen molar-refractivity contribution in [1.82, 2.24) is 4.31 Å². The Morgan fingerprint density at radius 3 is 2.11 bits per heavy atom. The monoisotopic (exact) mass is 416 g/mol. The third-order valence-electron chi connectivity index (χ3n) is 3.87. The van der Waals surface area contributed by atoms with Gasteiger partial charge >= 0.3 is 6.18 Å². The Kier molecular flexibility index (Phi) is 6.68. The molecule has 0 saturated heterocycles. The van der Waals surface area contributed by atoms with Gasteiger partial charge in [0.2, 0.25) is 15.9 Å². The van der Waals surface area contributed by atoms with Crippen LogP contribution in [0, 0.1) is 0 Å². The summed E-state index contributed by atoms with van der Waals surface area (Å²) >= 11 is 0. The number of anilines is 1. The van der Waals surface area contributed by atoms with Crippen LogP contribution >= 0.6 is 0 Å². The second kappa shape index (κ2) is 8.61. The minimum absolute atomic E-state index is 0.0284. The van der Waals surface area contributed by atoms with Crippen LogP contribution < -0.4 is 10.1 Å². The lowest BCUT2D eigenvalue weighted by Gasteiger charge is -2.20. The van der Waals surface area contributed by atoms with E-state index in [9.17, 15) is 26.4 Å². The molecule has 10 heteroatoms. The number of hydrogen-bond donors (Lipinski definition) is 1. The molecule has 152 valence electrons. The van der Waals surface area contributed by atoms with Gasteiger partial charge in [-0.15, -0.1) is 0 Å². The minimum Gasteiger partial charge on any atom is -0.497 e. The van der Waals surface area contributed by atoms with Gasteiger partial charge in [-0.05, 0) is 48.5 Å². The Bertz CT molecular complexity index is 911. The molecule has 0 atom stereocenters. The van der Waals surface area contributed by atoms with Gasteiger partial charge in [0.1, 0.15) is 5.75 Å². The molecule has 2 rings (SSSR count). The Morgan fingerprint density at radius 1 is 1.07 bits per heavy atom. The molecule has 0 unspecified atom stereocenters. The van der Waals surface area contributed by atoms with E-state index in [0.717, 1.165) is 16.4 Å². The largest absolute Gasteiger partial charge is 0.497 e. The van der Waals surface area contributed by atoms with Crippen molar-refractivity contribution in [2.45, 2.75) is 18.0 Å². The predicted molar refractivity (Wildman–Crippen MR) is 97.5 cm³/mol. The third kappa shape index (κ3) is 5.23. The standard InChI is InChI=1S/C18H19F3N2O4S/c1-3-23(12-17(24)22-14-6-8-15(27-2)9-7-14)28(25,26)16-10-4-13(5-11-16)18(19,20)21/h4-11H,3,12H2,1-2H3,(H,22,24). The lowest BCUT2D eigenvalue weighted by atomic mass is 10.2. The molecule has 0 bridgehead atoms. The number of benzene rings is 2. The fraction of sp³-hybridized carbons (Fsp3) is 0.278. The van der Waals surface area contributed by atoms with Gasteiger partial charge in [-0.2, -0.15) is 17.5 Å². The Balaban J connectivity index is 2.12. The van der Waals surface area contributed by atoms with E-state index in [4.69, 9.17) is 4.74 Å². The molecule has 0 aliphatic carbocycles. The molecule has 28 heavy (non-hydrogen) atoms. The number of likely N-dealkylation sites (N-methyl/N-ethyl adjacent to an activating group) is 1. The van der Waals surface area contributed by atoms with Crippen molar-refractivity contribution in [1.29, 1.82) is 0 Å². The maximum Gasteiger partial charge on any atom is 0.416 e. The van der Waals surface area contributed by atoms with E-state index in [1.54, 1.807) is 24.3 Å². The Hall–Kier alpha value is -2.59. The molecule has 1 amide bonds. The molecular weight excluding hydrogens is 397 g/mol. The summed E-state index contributed by atoms with van der Waals surface area (Å²) in [6, 6.07) is 9.59. The van der Waals surface area contributed by atoms with Crippen LogP contribution in [0.1, 0.15) is 12.5 Å². The summed E-state index contributed by atoms with van der Waals surface area (Å²) in [6.07, 6.45) is -4.56. The number of carbonyl (C=O) groups excluding carboxylic acids is 1. The van der Waals surface area contributed by atoms with Crippen molar-refractivity contribution in [3.05, 3.63) is 54.1 Å². The van der Waals surface area contributed by atoms with Gasteiger partial charge in [0, 0.05) is 12.2 Å². The summed E-state index contributed by atoms with van der Waals surface area (Å²) in [5.74, 6) is 0.0144. The normalized spacial score (nSPS) is 12.1. The maximum absolute atomic E-state index is 12.6. The van der Waals surface area contributed by atoms with Crippen LogP contribution in [0.5, 0.6) is 5.75 Å². The second-order valence-electron chi connectivity index (χ2n) is 5.73. The van der Waals surface area contributed by atoms with E-state index < -0.39 is 34.2 Å². The van der Waals surface area contributed by atoms with Gasteiger partial charge in [0.15, 0.2) is 0 Å². The van der Waals surface area contributed by atoms with Crippen molar-refractivity contribution >= 4 is 21.6 Å². The molecule has 0 heterocycles. The first kappa shape index (κ1) is 21.7. The molecule has 0 aliphatic heterocycles. The van der Waals surface area contributed by atoms with E-state index in [1.165, 1.54) is 14.0 Å². The number of nitrogens with zero attached hydrogens (tertiary/aromatic N) is 1. The van der Waals surface area contributed by atoms with Gasteiger partial charge in [0.05, 0.1) is 24.1 Å². The summed E-state index contributed by atoms with van der Waals surface area (Å²) < 4.78 is 69.1. The summed E-state index contributed by atoms with van der Waals surface area (Å²) in [4.78, 5) is 11.9. The van der Waals surface area contributed by atoms with Gasteiger partial charge in [-0.25, -0.2) is 8.42 Å². The number of hydrogen-bond acceptors (Lipinski definition) is 4. The molecular formula is C18H19F3N2O4S. The van der Waals surface area contributed by atoms with Crippen molar-refractivity contribution in [3.8, 4) is 5.75 Å². The minimum atomic E-state index is -4.56. The first-order valence-corrected chi connectivity index (χ1v) is 9.63. The van der Waals surface area contributed by atoms with Crippen LogP contribution in [0.25, 0.3) is 0 Å². The zero-order valence-electron chi connectivity index (χ0n) is 15.2. The molecule has 0 radical (unpaired) electrons. The molecule has 0 spiro atoms. The van der Waals surface area contributed by atoms with Crippen LogP contribution in [0.2, 0.25) is 0 Å².